The Morgan fingerprint density at radius 1 is 1.35 bits per heavy atom. The fourth-order valence-electron chi connectivity index (χ4n) is 1.78. The first kappa shape index (κ1) is 14.0. The van der Waals surface area contributed by atoms with Crippen molar-refractivity contribution in [1.29, 1.82) is 0 Å². The van der Waals surface area contributed by atoms with Crippen LogP contribution in [0.25, 0.3) is 0 Å². The fourth-order valence-corrected chi connectivity index (χ4v) is 1.93. The molecule has 0 atom stereocenters. The molecule has 0 saturated carbocycles. The maximum Gasteiger partial charge on any atom is 0.166 e. The highest BCUT2D eigenvalue weighted by Crippen LogP contribution is 2.08. The molecule has 4 heteroatoms. The van der Waals surface area contributed by atoms with Crippen molar-refractivity contribution in [2.75, 3.05) is 6.54 Å². The molecular formula is C13H22N2OS. The third-order valence-corrected chi connectivity index (χ3v) is 3.05. The minimum atomic E-state index is 0.474. The summed E-state index contributed by atoms with van der Waals surface area (Å²) in [6, 6.07) is 1.95. The van der Waals surface area contributed by atoms with Crippen LogP contribution in [0.15, 0.2) is 23.0 Å². The Labute approximate surface area is 109 Å². The maximum atomic E-state index is 5.72. The van der Waals surface area contributed by atoms with Crippen LogP contribution < -0.4 is 5.73 Å². The van der Waals surface area contributed by atoms with Crippen molar-refractivity contribution in [2.24, 2.45) is 5.73 Å². The fraction of sp³-hybridized carbons (Fsp3) is 0.615. The Hall–Kier alpha value is -1.03. The van der Waals surface area contributed by atoms with Crippen LogP contribution in [0.4, 0.5) is 0 Å². The number of rotatable bonds is 8. The summed E-state index contributed by atoms with van der Waals surface area (Å²) >= 11 is 5.06. The van der Waals surface area contributed by atoms with Gasteiger partial charge in [-0.2, -0.15) is 0 Å². The van der Waals surface area contributed by atoms with Crippen LogP contribution in [0.5, 0.6) is 0 Å². The average molecular weight is 254 g/mol. The van der Waals surface area contributed by atoms with E-state index in [1.165, 1.54) is 25.7 Å². The summed E-state index contributed by atoms with van der Waals surface area (Å²) in [5.41, 5.74) is 6.84. The Balaban J connectivity index is 2.26. The molecule has 3 nitrogen and oxygen atoms in total. The summed E-state index contributed by atoms with van der Waals surface area (Å²) in [5.74, 6) is 0. The minimum Gasteiger partial charge on any atom is -0.472 e. The molecule has 0 saturated heterocycles. The van der Waals surface area contributed by atoms with Crippen molar-refractivity contribution in [3.63, 3.8) is 0 Å². The van der Waals surface area contributed by atoms with E-state index in [-0.39, 0.29) is 0 Å². The number of unbranched alkanes of at least 4 members (excludes halogenated alkanes) is 4. The van der Waals surface area contributed by atoms with Gasteiger partial charge in [0.25, 0.3) is 0 Å². The molecule has 0 aromatic carbocycles. The molecule has 0 amide bonds. The van der Waals surface area contributed by atoms with Crippen LogP contribution in [0.2, 0.25) is 0 Å². The van der Waals surface area contributed by atoms with Crippen LogP contribution >= 0.6 is 12.2 Å². The van der Waals surface area contributed by atoms with E-state index in [1.54, 1.807) is 12.5 Å². The van der Waals surface area contributed by atoms with E-state index < -0.39 is 0 Å². The monoisotopic (exact) mass is 254 g/mol. The first-order valence-corrected chi connectivity index (χ1v) is 6.70. The molecule has 0 fully saturated rings. The van der Waals surface area contributed by atoms with Gasteiger partial charge in [0, 0.05) is 18.7 Å². The summed E-state index contributed by atoms with van der Waals surface area (Å²) in [6.07, 6.45) is 9.69. The van der Waals surface area contributed by atoms with Crippen molar-refractivity contribution in [2.45, 2.75) is 45.6 Å². The lowest BCUT2D eigenvalue weighted by atomic mass is 10.1. The topological polar surface area (TPSA) is 42.4 Å². The molecule has 1 heterocycles. The standard InChI is InChI=1S/C13H22N2OS/c1-2-3-4-5-6-8-15(13(14)17)10-12-7-9-16-11-12/h7,9,11H,2-6,8,10H2,1H3,(H2,14,17). The maximum absolute atomic E-state index is 5.72. The molecule has 0 aliphatic heterocycles. The molecule has 0 aliphatic carbocycles. The van der Waals surface area contributed by atoms with E-state index in [0.29, 0.717) is 5.11 Å². The highest BCUT2D eigenvalue weighted by Gasteiger charge is 2.07. The van der Waals surface area contributed by atoms with E-state index in [0.717, 1.165) is 25.1 Å². The van der Waals surface area contributed by atoms with Crippen LogP contribution in [-0.2, 0) is 6.54 Å². The Morgan fingerprint density at radius 2 is 2.12 bits per heavy atom. The van der Waals surface area contributed by atoms with Gasteiger partial charge >= 0.3 is 0 Å². The van der Waals surface area contributed by atoms with Crippen molar-refractivity contribution >= 4 is 17.3 Å². The minimum absolute atomic E-state index is 0.474. The first-order valence-electron chi connectivity index (χ1n) is 6.29. The van der Waals surface area contributed by atoms with Crippen molar-refractivity contribution in [3.8, 4) is 0 Å². The third kappa shape index (κ3) is 5.73. The third-order valence-electron chi connectivity index (χ3n) is 2.80. The molecule has 0 radical (unpaired) electrons. The molecule has 1 aromatic heterocycles. The van der Waals surface area contributed by atoms with Gasteiger partial charge in [-0.3, -0.25) is 0 Å². The highest BCUT2D eigenvalue weighted by molar-refractivity contribution is 7.80. The summed E-state index contributed by atoms with van der Waals surface area (Å²) in [7, 11) is 0. The highest BCUT2D eigenvalue weighted by atomic mass is 32.1. The van der Waals surface area contributed by atoms with Gasteiger partial charge < -0.3 is 15.1 Å². The van der Waals surface area contributed by atoms with Crippen molar-refractivity contribution in [3.05, 3.63) is 24.2 Å². The van der Waals surface area contributed by atoms with Gasteiger partial charge in [0.2, 0.25) is 0 Å². The Bertz CT molecular complexity index is 311. The van der Waals surface area contributed by atoms with Gasteiger partial charge in [0.15, 0.2) is 5.11 Å². The quantitative estimate of drug-likeness (QED) is 0.571. The summed E-state index contributed by atoms with van der Waals surface area (Å²) in [5, 5.41) is 0.474. The molecular weight excluding hydrogens is 232 g/mol. The second-order valence-corrected chi connectivity index (χ2v) is 4.72. The number of hydrogen-bond acceptors (Lipinski definition) is 2. The molecule has 1 rings (SSSR count). The number of thiocarbonyl (C=S) groups is 1. The van der Waals surface area contributed by atoms with Crippen molar-refractivity contribution in [1.82, 2.24) is 4.90 Å². The summed E-state index contributed by atoms with van der Waals surface area (Å²) in [4.78, 5) is 2.03. The molecule has 0 bridgehead atoms. The second-order valence-electron chi connectivity index (χ2n) is 4.31. The van der Waals surface area contributed by atoms with Gasteiger partial charge in [-0.25, -0.2) is 0 Å². The van der Waals surface area contributed by atoms with E-state index in [9.17, 15) is 0 Å². The molecule has 0 aliphatic rings. The predicted molar refractivity (Wildman–Crippen MR) is 74.7 cm³/mol. The molecule has 17 heavy (non-hydrogen) atoms. The number of nitrogens with zero attached hydrogens (tertiary/aromatic N) is 1. The Morgan fingerprint density at radius 3 is 2.71 bits per heavy atom. The number of hydrogen-bond donors (Lipinski definition) is 1. The molecule has 96 valence electrons. The SMILES string of the molecule is CCCCCCCN(Cc1ccoc1)C(N)=S. The predicted octanol–water partition coefficient (Wildman–Crippen LogP) is 3.30. The lowest BCUT2D eigenvalue weighted by Crippen LogP contribution is -2.35. The zero-order chi connectivity index (χ0) is 12.5. The smallest absolute Gasteiger partial charge is 0.166 e. The molecule has 1 aromatic rings. The first-order chi connectivity index (χ1) is 8.24. The van der Waals surface area contributed by atoms with E-state index in [1.807, 2.05) is 11.0 Å². The van der Waals surface area contributed by atoms with Crippen LogP contribution in [0.1, 0.15) is 44.6 Å². The van der Waals surface area contributed by atoms with Gasteiger partial charge in [-0.05, 0) is 24.7 Å². The largest absolute Gasteiger partial charge is 0.472 e. The lowest BCUT2D eigenvalue weighted by Gasteiger charge is -2.21. The Kier molecular flexibility index (Phi) is 6.70. The van der Waals surface area contributed by atoms with Crippen molar-refractivity contribution < 1.29 is 4.42 Å². The average Bonchev–Trinajstić information content (AvgIpc) is 2.79. The molecule has 0 spiro atoms. The van der Waals surface area contributed by atoms with E-state index in [2.05, 4.69) is 6.92 Å². The number of furan rings is 1. The van der Waals surface area contributed by atoms with Crippen LogP contribution in [-0.4, -0.2) is 16.6 Å². The number of nitrogens with two attached hydrogens (primary N) is 1. The summed E-state index contributed by atoms with van der Waals surface area (Å²) in [6.45, 7) is 3.91. The van der Waals surface area contributed by atoms with E-state index >= 15 is 0 Å². The van der Waals surface area contributed by atoms with Gasteiger partial charge in [0.05, 0.1) is 12.5 Å². The zero-order valence-corrected chi connectivity index (χ0v) is 11.3. The second kappa shape index (κ2) is 8.12. The zero-order valence-electron chi connectivity index (χ0n) is 10.5. The lowest BCUT2D eigenvalue weighted by molar-refractivity contribution is 0.395. The summed E-state index contributed by atoms with van der Waals surface area (Å²) < 4.78 is 5.04. The molecule has 2 N–H and O–H groups in total. The van der Waals surface area contributed by atoms with Gasteiger partial charge in [0.1, 0.15) is 0 Å². The van der Waals surface area contributed by atoms with Crippen LogP contribution in [0, 0.1) is 0 Å². The van der Waals surface area contributed by atoms with Gasteiger partial charge in [-0.15, -0.1) is 0 Å². The molecule has 0 unspecified atom stereocenters. The van der Waals surface area contributed by atoms with Crippen LogP contribution in [0.3, 0.4) is 0 Å². The van der Waals surface area contributed by atoms with Gasteiger partial charge in [-0.1, -0.05) is 32.6 Å². The normalized spacial score (nSPS) is 10.4. The van der Waals surface area contributed by atoms with E-state index in [4.69, 9.17) is 22.4 Å².